The van der Waals surface area contributed by atoms with Crippen molar-refractivity contribution in [1.82, 2.24) is 19.3 Å². The van der Waals surface area contributed by atoms with E-state index in [-0.39, 0.29) is 17.9 Å². The largest absolute Gasteiger partial charge is 0.294 e. The van der Waals surface area contributed by atoms with Crippen LogP contribution in [0.1, 0.15) is 11.1 Å². The summed E-state index contributed by atoms with van der Waals surface area (Å²) in [4.78, 5) is 17.1. The Morgan fingerprint density at radius 2 is 1.85 bits per heavy atom. The average Bonchev–Trinajstić information content (AvgIpc) is 3.06. The van der Waals surface area contributed by atoms with Gasteiger partial charge in [0, 0.05) is 5.56 Å². The molecule has 0 N–H and O–H groups in total. The summed E-state index contributed by atoms with van der Waals surface area (Å²) in [6.07, 6.45) is 2.91. The molecule has 0 radical (unpaired) electrons. The van der Waals surface area contributed by atoms with Gasteiger partial charge >= 0.3 is 0 Å². The Hall–Kier alpha value is -2.70. The lowest BCUT2D eigenvalue weighted by molar-refractivity contribution is 0.589. The summed E-state index contributed by atoms with van der Waals surface area (Å²) in [6, 6.07) is 11.6. The fourth-order valence-electron chi connectivity index (χ4n) is 2.85. The average molecular weight is 403 g/mol. The van der Waals surface area contributed by atoms with E-state index in [1.165, 1.54) is 27.8 Å². The molecule has 0 atom stereocenters. The molecule has 0 amide bonds. The maximum absolute atomic E-state index is 13.9. The van der Waals surface area contributed by atoms with Gasteiger partial charge in [0.15, 0.2) is 5.65 Å². The zero-order valence-electron chi connectivity index (χ0n) is 13.9. The van der Waals surface area contributed by atoms with E-state index >= 15 is 0 Å². The molecule has 27 heavy (non-hydrogen) atoms. The highest BCUT2D eigenvalue weighted by atomic mass is 35.5. The number of halogens is 3. The van der Waals surface area contributed by atoms with Crippen molar-refractivity contribution in [2.45, 2.75) is 13.1 Å². The van der Waals surface area contributed by atoms with Crippen LogP contribution in [0.15, 0.2) is 59.8 Å². The molecule has 0 unspecified atom stereocenters. The Balaban J connectivity index is 1.68. The van der Waals surface area contributed by atoms with Crippen molar-refractivity contribution in [2.24, 2.45) is 0 Å². The predicted molar refractivity (Wildman–Crippen MR) is 103 cm³/mol. The van der Waals surface area contributed by atoms with Crippen LogP contribution in [-0.4, -0.2) is 19.3 Å². The molecule has 0 fully saturated rings. The Kier molecular flexibility index (Phi) is 4.68. The number of rotatable bonds is 4. The van der Waals surface area contributed by atoms with Gasteiger partial charge in [-0.15, -0.1) is 0 Å². The van der Waals surface area contributed by atoms with Gasteiger partial charge < -0.3 is 0 Å². The molecule has 2 aromatic heterocycles. The minimum absolute atomic E-state index is 0.194. The maximum atomic E-state index is 13.9. The second kappa shape index (κ2) is 7.13. The van der Waals surface area contributed by atoms with Crippen molar-refractivity contribution in [2.75, 3.05) is 0 Å². The van der Waals surface area contributed by atoms with E-state index in [1.54, 1.807) is 36.4 Å². The Morgan fingerprint density at radius 3 is 2.63 bits per heavy atom. The summed E-state index contributed by atoms with van der Waals surface area (Å²) in [7, 11) is 0. The van der Waals surface area contributed by atoms with Gasteiger partial charge in [-0.2, -0.15) is 5.10 Å². The van der Waals surface area contributed by atoms with E-state index in [0.717, 1.165) is 5.56 Å². The van der Waals surface area contributed by atoms with Gasteiger partial charge in [0.05, 0.1) is 29.3 Å². The fourth-order valence-corrected chi connectivity index (χ4v) is 3.17. The van der Waals surface area contributed by atoms with Crippen LogP contribution in [0.5, 0.6) is 0 Å². The van der Waals surface area contributed by atoms with Gasteiger partial charge in [0.25, 0.3) is 5.56 Å². The van der Waals surface area contributed by atoms with Crippen LogP contribution in [0.4, 0.5) is 4.39 Å². The first-order valence-corrected chi connectivity index (χ1v) is 8.87. The summed E-state index contributed by atoms with van der Waals surface area (Å²) in [5.74, 6) is -0.325. The second-order valence-electron chi connectivity index (χ2n) is 6.06. The molecule has 0 aliphatic rings. The molecule has 5 nitrogen and oxygen atoms in total. The van der Waals surface area contributed by atoms with Crippen molar-refractivity contribution in [3.63, 3.8) is 0 Å². The van der Waals surface area contributed by atoms with Crippen molar-refractivity contribution in [1.29, 1.82) is 0 Å². The lowest BCUT2D eigenvalue weighted by atomic mass is 10.2. The third-order valence-electron chi connectivity index (χ3n) is 4.24. The number of benzene rings is 2. The van der Waals surface area contributed by atoms with Crippen LogP contribution in [0, 0.1) is 5.82 Å². The number of hydrogen-bond acceptors (Lipinski definition) is 3. The highest BCUT2D eigenvalue weighted by Crippen LogP contribution is 2.23. The topological polar surface area (TPSA) is 52.7 Å². The zero-order valence-corrected chi connectivity index (χ0v) is 15.5. The molecule has 0 bridgehead atoms. The van der Waals surface area contributed by atoms with Crippen molar-refractivity contribution in [3.8, 4) is 0 Å². The van der Waals surface area contributed by atoms with Gasteiger partial charge in [0.1, 0.15) is 17.5 Å². The normalized spacial score (nSPS) is 11.2. The summed E-state index contributed by atoms with van der Waals surface area (Å²) < 4.78 is 16.9. The first-order chi connectivity index (χ1) is 13.0. The minimum atomic E-state index is -0.325. The van der Waals surface area contributed by atoms with Crippen molar-refractivity contribution in [3.05, 3.63) is 92.3 Å². The molecular formula is C19H13Cl2FN4O. The third kappa shape index (κ3) is 3.46. The number of hydrogen-bond donors (Lipinski definition) is 0. The molecular weight excluding hydrogens is 390 g/mol. The maximum Gasteiger partial charge on any atom is 0.264 e. The van der Waals surface area contributed by atoms with E-state index in [1.807, 2.05) is 0 Å². The quantitative estimate of drug-likeness (QED) is 0.515. The van der Waals surface area contributed by atoms with Gasteiger partial charge in [-0.1, -0.05) is 47.5 Å². The van der Waals surface area contributed by atoms with E-state index in [2.05, 4.69) is 10.1 Å². The van der Waals surface area contributed by atoms with Crippen LogP contribution in [0.25, 0.3) is 11.0 Å². The van der Waals surface area contributed by atoms with E-state index in [0.29, 0.717) is 33.2 Å². The van der Waals surface area contributed by atoms with Crippen molar-refractivity contribution < 1.29 is 4.39 Å². The summed E-state index contributed by atoms with van der Waals surface area (Å²) in [6.45, 7) is 0.497. The monoisotopic (exact) mass is 402 g/mol. The standard InChI is InChI=1S/C19H13Cl2FN4O/c20-15-6-5-12(7-16(15)21)9-25-11-23-18-14(19(25)27)8-24-26(18)10-13-3-1-2-4-17(13)22/h1-8,11H,9-10H2. The van der Waals surface area contributed by atoms with Crippen LogP contribution in [0.3, 0.4) is 0 Å². The molecule has 0 saturated carbocycles. The highest BCUT2D eigenvalue weighted by molar-refractivity contribution is 6.42. The lowest BCUT2D eigenvalue weighted by Crippen LogP contribution is -2.21. The lowest BCUT2D eigenvalue weighted by Gasteiger charge is -2.08. The Labute approximate surface area is 163 Å². The Bertz CT molecular complexity index is 1200. The molecule has 0 aliphatic heterocycles. The molecule has 8 heteroatoms. The van der Waals surface area contributed by atoms with Crippen LogP contribution < -0.4 is 5.56 Å². The smallest absolute Gasteiger partial charge is 0.264 e. The summed E-state index contributed by atoms with van der Waals surface area (Å²) >= 11 is 12.0. The Morgan fingerprint density at radius 1 is 1.04 bits per heavy atom. The van der Waals surface area contributed by atoms with E-state index < -0.39 is 0 Å². The van der Waals surface area contributed by atoms with Gasteiger partial charge in [0.2, 0.25) is 0 Å². The first kappa shape index (κ1) is 17.7. The van der Waals surface area contributed by atoms with Gasteiger partial charge in [-0.05, 0) is 23.8 Å². The predicted octanol–water partition coefficient (Wildman–Crippen LogP) is 4.14. The van der Waals surface area contributed by atoms with Crippen LogP contribution in [0.2, 0.25) is 10.0 Å². The van der Waals surface area contributed by atoms with E-state index in [9.17, 15) is 9.18 Å². The highest BCUT2D eigenvalue weighted by Gasteiger charge is 2.12. The van der Waals surface area contributed by atoms with Crippen LogP contribution in [-0.2, 0) is 13.1 Å². The minimum Gasteiger partial charge on any atom is -0.294 e. The fraction of sp³-hybridized carbons (Fsp3) is 0.105. The SMILES string of the molecule is O=c1c2cnn(Cc3ccccc3F)c2ncn1Cc1ccc(Cl)c(Cl)c1. The van der Waals surface area contributed by atoms with E-state index in [4.69, 9.17) is 23.2 Å². The molecule has 0 saturated heterocycles. The first-order valence-electron chi connectivity index (χ1n) is 8.11. The molecule has 0 spiro atoms. The molecule has 136 valence electrons. The van der Waals surface area contributed by atoms with Gasteiger partial charge in [-0.25, -0.2) is 14.1 Å². The van der Waals surface area contributed by atoms with Crippen molar-refractivity contribution >= 4 is 34.2 Å². The summed E-state index contributed by atoms with van der Waals surface area (Å²) in [5, 5.41) is 5.45. The molecule has 4 rings (SSSR count). The third-order valence-corrected chi connectivity index (χ3v) is 4.98. The molecule has 4 aromatic rings. The molecule has 0 aliphatic carbocycles. The number of fused-ring (bicyclic) bond motifs is 1. The molecule has 2 heterocycles. The molecule has 2 aromatic carbocycles. The number of nitrogens with zero attached hydrogens (tertiary/aromatic N) is 4. The van der Waals surface area contributed by atoms with Gasteiger partial charge in [-0.3, -0.25) is 9.36 Å². The number of aromatic nitrogens is 4. The summed E-state index contributed by atoms with van der Waals surface area (Å²) in [5.41, 5.74) is 1.48. The second-order valence-corrected chi connectivity index (χ2v) is 6.87. The zero-order chi connectivity index (χ0) is 19.0. The van der Waals surface area contributed by atoms with Crippen LogP contribution >= 0.6 is 23.2 Å².